The van der Waals surface area contributed by atoms with Crippen LogP contribution in [0.15, 0.2) is 59.5 Å². The van der Waals surface area contributed by atoms with Gasteiger partial charge in [-0.3, -0.25) is 4.79 Å². The molecule has 27 heavy (non-hydrogen) atoms. The van der Waals surface area contributed by atoms with Crippen LogP contribution in [0.5, 0.6) is 5.75 Å². The molecule has 1 N–H and O–H groups in total. The minimum absolute atomic E-state index is 0.0857. The number of rotatable bonds is 5. The Hall–Kier alpha value is -2.86. The minimum atomic E-state index is -3.93. The molecule has 0 fully saturated rings. The highest BCUT2D eigenvalue weighted by atomic mass is 32.2. The first-order chi connectivity index (χ1) is 12.7. The summed E-state index contributed by atoms with van der Waals surface area (Å²) in [5.74, 6) is -0.218. The maximum absolute atomic E-state index is 12.4. The summed E-state index contributed by atoms with van der Waals surface area (Å²) in [7, 11) is -3.93. The number of hydrogen-bond acceptors (Lipinski definition) is 4. The van der Waals surface area contributed by atoms with Crippen molar-refractivity contribution in [2.75, 3.05) is 6.61 Å². The third kappa shape index (κ3) is 4.46. The van der Waals surface area contributed by atoms with Gasteiger partial charge in [-0.2, -0.15) is 0 Å². The van der Waals surface area contributed by atoms with E-state index in [-0.39, 0.29) is 11.5 Å². The lowest BCUT2D eigenvalue weighted by atomic mass is 10.1. The van der Waals surface area contributed by atoms with E-state index < -0.39 is 15.9 Å². The van der Waals surface area contributed by atoms with Crippen LogP contribution in [0.1, 0.15) is 16.7 Å². The fourth-order valence-corrected chi connectivity index (χ4v) is 4.12. The second-order valence-electron chi connectivity index (χ2n) is 6.60. The Morgan fingerprint density at radius 1 is 0.889 bits per heavy atom. The van der Waals surface area contributed by atoms with Crippen LogP contribution in [0.25, 0.3) is 10.8 Å². The zero-order chi connectivity index (χ0) is 19.6. The molecule has 6 heteroatoms. The molecule has 0 radical (unpaired) electrons. The number of amides is 1. The number of hydrogen-bond donors (Lipinski definition) is 1. The van der Waals surface area contributed by atoms with Crippen molar-refractivity contribution in [2.24, 2.45) is 0 Å². The molecule has 0 saturated heterocycles. The molecule has 0 aromatic heterocycles. The smallest absolute Gasteiger partial charge is 0.271 e. The van der Waals surface area contributed by atoms with Crippen LogP contribution in [-0.4, -0.2) is 20.9 Å². The first kappa shape index (κ1) is 18.9. The summed E-state index contributed by atoms with van der Waals surface area (Å²) >= 11 is 0. The average Bonchev–Trinajstić information content (AvgIpc) is 2.59. The second-order valence-corrected chi connectivity index (χ2v) is 8.25. The van der Waals surface area contributed by atoms with Gasteiger partial charge in [0.1, 0.15) is 5.75 Å². The summed E-state index contributed by atoms with van der Waals surface area (Å²) in [5.41, 5.74) is 2.70. The molecule has 0 aliphatic heterocycles. The standard InChI is InChI=1S/C21H21NO4S/c1-14-5-9-20(16(3)10-14)27(24,25)22-21(23)13-26-19-8-7-17-11-15(2)4-6-18(17)12-19/h4-12H,13H2,1-3H3,(H,22,23). The molecule has 140 valence electrons. The van der Waals surface area contributed by atoms with Crippen molar-refractivity contribution in [3.05, 3.63) is 71.3 Å². The summed E-state index contributed by atoms with van der Waals surface area (Å²) in [6.45, 7) is 5.20. The second kappa shape index (κ2) is 7.40. The van der Waals surface area contributed by atoms with Gasteiger partial charge in [0.2, 0.25) is 0 Å². The van der Waals surface area contributed by atoms with E-state index in [9.17, 15) is 13.2 Å². The van der Waals surface area contributed by atoms with Crippen molar-refractivity contribution in [1.29, 1.82) is 0 Å². The SMILES string of the molecule is Cc1ccc(S(=O)(=O)NC(=O)COc2ccc3cc(C)ccc3c2)c(C)c1. The molecule has 0 aliphatic rings. The Bertz CT molecular complexity index is 1120. The van der Waals surface area contributed by atoms with E-state index in [0.717, 1.165) is 21.9 Å². The summed E-state index contributed by atoms with van der Waals surface area (Å²) in [6, 6.07) is 16.5. The lowest BCUT2D eigenvalue weighted by molar-refractivity contribution is -0.121. The van der Waals surface area contributed by atoms with Gasteiger partial charge < -0.3 is 4.74 Å². The summed E-state index contributed by atoms with van der Waals surface area (Å²) in [5, 5.41) is 2.06. The van der Waals surface area contributed by atoms with Crippen LogP contribution in [0, 0.1) is 20.8 Å². The molecule has 0 unspecified atom stereocenters. The number of nitrogens with one attached hydrogen (secondary N) is 1. The number of benzene rings is 3. The molecule has 0 heterocycles. The summed E-state index contributed by atoms with van der Waals surface area (Å²) in [6.07, 6.45) is 0. The number of sulfonamides is 1. The quantitative estimate of drug-likeness (QED) is 0.730. The maximum Gasteiger partial charge on any atom is 0.271 e. The van der Waals surface area contributed by atoms with Crippen molar-refractivity contribution in [2.45, 2.75) is 25.7 Å². The van der Waals surface area contributed by atoms with Crippen molar-refractivity contribution in [3.8, 4) is 5.75 Å². The van der Waals surface area contributed by atoms with Crippen LogP contribution in [-0.2, 0) is 14.8 Å². The topological polar surface area (TPSA) is 72.5 Å². The van der Waals surface area contributed by atoms with Gasteiger partial charge in [0.25, 0.3) is 15.9 Å². The zero-order valence-corrected chi connectivity index (χ0v) is 16.3. The highest BCUT2D eigenvalue weighted by Gasteiger charge is 2.20. The first-order valence-electron chi connectivity index (χ1n) is 8.51. The molecular weight excluding hydrogens is 362 g/mol. The van der Waals surface area contributed by atoms with E-state index >= 15 is 0 Å². The van der Waals surface area contributed by atoms with E-state index in [4.69, 9.17) is 4.74 Å². The number of fused-ring (bicyclic) bond motifs is 1. The normalized spacial score (nSPS) is 11.4. The van der Waals surface area contributed by atoms with E-state index in [2.05, 4.69) is 10.8 Å². The molecule has 0 spiro atoms. The molecule has 3 rings (SSSR count). The first-order valence-corrected chi connectivity index (χ1v) is 9.99. The van der Waals surface area contributed by atoms with Gasteiger partial charge in [-0.05, 0) is 55.3 Å². The third-order valence-electron chi connectivity index (χ3n) is 4.21. The van der Waals surface area contributed by atoms with Gasteiger partial charge in [0.05, 0.1) is 4.90 Å². The molecule has 0 saturated carbocycles. The van der Waals surface area contributed by atoms with Crippen LogP contribution in [0.2, 0.25) is 0 Å². The van der Waals surface area contributed by atoms with E-state index in [1.165, 1.54) is 6.07 Å². The number of carbonyl (C=O) groups excluding carboxylic acids is 1. The lowest BCUT2D eigenvalue weighted by Crippen LogP contribution is -2.34. The fourth-order valence-electron chi connectivity index (χ4n) is 2.92. The maximum atomic E-state index is 12.4. The van der Waals surface area contributed by atoms with Crippen molar-refractivity contribution in [1.82, 2.24) is 4.72 Å². The Kier molecular flexibility index (Phi) is 5.19. The van der Waals surface area contributed by atoms with E-state index in [1.54, 1.807) is 25.1 Å². The van der Waals surface area contributed by atoms with Crippen molar-refractivity contribution < 1.29 is 17.9 Å². The van der Waals surface area contributed by atoms with Gasteiger partial charge in [-0.25, -0.2) is 13.1 Å². The molecular formula is C21H21NO4S. The van der Waals surface area contributed by atoms with Crippen LogP contribution < -0.4 is 9.46 Å². The average molecular weight is 383 g/mol. The van der Waals surface area contributed by atoms with E-state index in [0.29, 0.717) is 11.3 Å². The van der Waals surface area contributed by atoms with Crippen LogP contribution in [0.4, 0.5) is 0 Å². The Morgan fingerprint density at radius 3 is 2.26 bits per heavy atom. The Balaban J connectivity index is 1.68. The molecule has 5 nitrogen and oxygen atoms in total. The van der Waals surface area contributed by atoms with Crippen LogP contribution in [0.3, 0.4) is 0 Å². The lowest BCUT2D eigenvalue weighted by Gasteiger charge is -2.11. The summed E-state index contributed by atoms with van der Waals surface area (Å²) in [4.78, 5) is 12.2. The molecule has 0 bridgehead atoms. The van der Waals surface area contributed by atoms with Gasteiger partial charge in [-0.1, -0.05) is 47.5 Å². The number of ether oxygens (including phenoxy) is 1. The largest absolute Gasteiger partial charge is 0.484 e. The third-order valence-corrected chi connectivity index (χ3v) is 5.74. The predicted octanol–water partition coefficient (Wildman–Crippen LogP) is 3.65. The molecule has 1 amide bonds. The van der Waals surface area contributed by atoms with Gasteiger partial charge in [0.15, 0.2) is 6.61 Å². The van der Waals surface area contributed by atoms with E-state index in [1.807, 2.05) is 38.1 Å². The monoisotopic (exact) mass is 383 g/mol. The zero-order valence-electron chi connectivity index (χ0n) is 15.4. The van der Waals surface area contributed by atoms with Gasteiger partial charge in [0, 0.05) is 0 Å². The van der Waals surface area contributed by atoms with Crippen molar-refractivity contribution in [3.63, 3.8) is 0 Å². The molecule has 3 aromatic rings. The minimum Gasteiger partial charge on any atom is -0.484 e. The number of carbonyl (C=O) groups is 1. The molecule has 0 aliphatic carbocycles. The van der Waals surface area contributed by atoms with Crippen molar-refractivity contribution >= 4 is 26.7 Å². The Morgan fingerprint density at radius 2 is 1.52 bits per heavy atom. The summed E-state index contributed by atoms with van der Waals surface area (Å²) < 4.78 is 32.3. The fraction of sp³-hybridized carbons (Fsp3) is 0.190. The Labute approximate surface area is 159 Å². The molecule has 0 atom stereocenters. The highest BCUT2D eigenvalue weighted by Crippen LogP contribution is 2.22. The number of aryl methyl sites for hydroxylation is 3. The van der Waals surface area contributed by atoms with Gasteiger partial charge >= 0.3 is 0 Å². The van der Waals surface area contributed by atoms with Gasteiger partial charge in [-0.15, -0.1) is 0 Å². The highest BCUT2D eigenvalue weighted by molar-refractivity contribution is 7.90. The molecule has 3 aromatic carbocycles. The van der Waals surface area contributed by atoms with Crippen LogP contribution >= 0.6 is 0 Å². The predicted molar refractivity (Wildman–Crippen MR) is 105 cm³/mol.